The van der Waals surface area contributed by atoms with E-state index in [4.69, 9.17) is 0 Å². The molecular weight excluding hydrogens is 324 g/mol. The van der Waals surface area contributed by atoms with Crippen LogP contribution in [-0.4, -0.2) is 35.8 Å². The van der Waals surface area contributed by atoms with Crippen LogP contribution in [0.15, 0.2) is 54.6 Å². The summed E-state index contributed by atoms with van der Waals surface area (Å²) in [6.07, 6.45) is 2.08. The molecule has 1 atom stereocenters. The third-order valence-electron chi connectivity index (χ3n) is 5.24. The molecule has 0 saturated carbocycles. The normalized spacial score (nSPS) is 17.0. The van der Waals surface area contributed by atoms with E-state index in [0.29, 0.717) is 5.56 Å². The molecular formula is C22H22N2O2. The summed E-state index contributed by atoms with van der Waals surface area (Å²) < 4.78 is 0. The molecule has 1 saturated heterocycles. The fraction of sp³-hybridized carbons (Fsp3) is 0.273. The van der Waals surface area contributed by atoms with Gasteiger partial charge in [-0.05, 0) is 65.6 Å². The monoisotopic (exact) mass is 346 g/mol. The minimum Gasteiger partial charge on any atom is -0.343 e. The summed E-state index contributed by atoms with van der Waals surface area (Å²) in [5.41, 5.74) is 0.579. The number of fused-ring (bicyclic) bond motifs is 2. The number of nitrogens with zero attached hydrogens (tertiary/aromatic N) is 1. The van der Waals surface area contributed by atoms with E-state index in [9.17, 15) is 9.59 Å². The Morgan fingerprint density at radius 3 is 2.38 bits per heavy atom. The van der Waals surface area contributed by atoms with Gasteiger partial charge in [0.2, 0.25) is 5.91 Å². The van der Waals surface area contributed by atoms with E-state index in [1.807, 2.05) is 35.2 Å². The summed E-state index contributed by atoms with van der Waals surface area (Å²) in [5.74, 6) is -0.213. The standard InChI is InChI=1S/C22H22N2O2/c1-15-5-4-10-24(15)21(25)14-23-22(26)19-9-8-18-11-16-6-2-3-7-17(16)12-20(18)13-19/h2-3,6-9,11-13,15H,4-5,10,14H2,1H3,(H,23,26). The summed E-state index contributed by atoms with van der Waals surface area (Å²) in [6.45, 7) is 2.90. The Balaban J connectivity index is 1.51. The van der Waals surface area contributed by atoms with Gasteiger partial charge in [-0.15, -0.1) is 0 Å². The average Bonchev–Trinajstić information content (AvgIpc) is 3.09. The van der Waals surface area contributed by atoms with E-state index >= 15 is 0 Å². The zero-order valence-electron chi connectivity index (χ0n) is 14.9. The molecule has 0 spiro atoms. The van der Waals surface area contributed by atoms with Crippen LogP contribution in [0.4, 0.5) is 0 Å². The van der Waals surface area contributed by atoms with Gasteiger partial charge in [0.15, 0.2) is 0 Å². The van der Waals surface area contributed by atoms with Gasteiger partial charge in [-0.2, -0.15) is 0 Å². The fourth-order valence-electron chi connectivity index (χ4n) is 3.74. The van der Waals surface area contributed by atoms with Crippen molar-refractivity contribution < 1.29 is 9.59 Å². The summed E-state index contributed by atoms with van der Waals surface area (Å²) in [6, 6.07) is 18.3. The molecule has 132 valence electrons. The number of likely N-dealkylation sites (tertiary alicyclic amines) is 1. The predicted octanol–water partition coefficient (Wildman–Crippen LogP) is 3.73. The Morgan fingerprint density at radius 1 is 1.00 bits per heavy atom. The van der Waals surface area contributed by atoms with E-state index in [1.165, 1.54) is 5.39 Å². The number of carbonyl (C=O) groups is 2. The number of hydrogen-bond acceptors (Lipinski definition) is 2. The number of amides is 2. The van der Waals surface area contributed by atoms with Crippen molar-refractivity contribution in [3.63, 3.8) is 0 Å². The molecule has 4 nitrogen and oxygen atoms in total. The van der Waals surface area contributed by atoms with Crippen molar-refractivity contribution in [3.05, 3.63) is 60.2 Å². The molecule has 1 fully saturated rings. The first-order valence-corrected chi connectivity index (χ1v) is 9.12. The predicted molar refractivity (Wildman–Crippen MR) is 104 cm³/mol. The minimum absolute atomic E-state index is 0.00451. The minimum atomic E-state index is -0.208. The van der Waals surface area contributed by atoms with Crippen molar-refractivity contribution >= 4 is 33.4 Å². The maximum atomic E-state index is 12.5. The van der Waals surface area contributed by atoms with Gasteiger partial charge < -0.3 is 10.2 Å². The number of nitrogens with one attached hydrogen (secondary N) is 1. The van der Waals surface area contributed by atoms with Crippen LogP contribution in [0.3, 0.4) is 0 Å². The van der Waals surface area contributed by atoms with Crippen LogP contribution in [-0.2, 0) is 4.79 Å². The quantitative estimate of drug-likeness (QED) is 0.735. The lowest BCUT2D eigenvalue weighted by atomic mass is 10.0. The Bertz CT molecular complexity index is 996. The third kappa shape index (κ3) is 3.15. The van der Waals surface area contributed by atoms with Gasteiger partial charge in [0, 0.05) is 18.2 Å². The highest BCUT2D eigenvalue weighted by atomic mass is 16.2. The van der Waals surface area contributed by atoms with Crippen molar-refractivity contribution in [2.45, 2.75) is 25.8 Å². The van der Waals surface area contributed by atoms with Crippen LogP contribution >= 0.6 is 0 Å². The van der Waals surface area contributed by atoms with Gasteiger partial charge in [0.05, 0.1) is 6.54 Å². The van der Waals surface area contributed by atoms with Crippen molar-refractivity contribution in [1.29, 1.82) is 0 Å². The maximum absolute atomic E-state index is 12.5. The molecule has 4 rings (SSSR count). The molecule has 0 bridgehead atoms. The van der Waals surface area contributed by atoms with Crippen molar-refractivity contribution in [2.75, 3.05) is 13.1 Å². The largest absolute Gasteiger partial charge is 0.343 e. The Kier molecular flexibility index (Phi) is 4.33. The van der Waals surface area contributed by atoms with E-state index in [1.54, 1.807) is 0 Å². The van der Waals surface area contributed by atoms with Gasteiger partial charge in [0.25, 0.3) is 5.91 Å². The first kappa shape index (κ1) is 16.6. The molecule has 4 heteroatoms. The molecule has 0 radical (unpaired) electrons. The maximum Gasteiger partial charge on any atom is 0.251 e. The average molecular weight is 346 g/mol. The topological polar surface area (TPSA) is 49.4 Å². The van der Waals surface area contributed by atoms with Gasteiger partial charge in [-0.1, -0.05) is 30.3 Å². The van der Waals surface area contributed by atoms with Crippen LogP contribution in [0, 0.1) is 0 Å². The SMILES string of the molecule is CC1CCCN1C(=O)CNC(=O)c1ccc2cc3ccccc3cc2c1. The second-order valence-corrected chi connectivity index (χ2v) is 7.02. The number of carbonyl (C=O) groups excluding carboxylic acids is 2. The van der Waals surface area contributed by atoms with E-state index in [2.05, 4.69) is 36.5 Å². The highest BCUT2D eigenvalue weighted by molar-refractivity contribution is 6.03. The molecule has 3 aromatic carbocycles. The van der Waals surface area contributed by atoms with Gasteiger partial charge in [-0.3, -0.25) is 9.59 Å². The smallest absolute Gasteiger partial charge is 0.251 e. The van der Waals surface area contributed by atoms with Gasteiger partial charge in [-0.25, -0.2) is 0 Å². The molecule has 0 aliphatic carbocycles. The van der Waals surface area contributed by atoms with Crippen LogP contribution in [0.2, 0.25) is 0 Å². The molecule has 26 heavy (non-hydrogen) atoms. The number of hydrogen-bond donors (Lipinski definition) is 1. The van der Waals surface area contributed by atoms with Crippen molar-refractivity contribution in [2.24, 2.45) is 0 Å². The van der Waals surface area contributed by atoms with Crippen LogP contribution in [0.25, 0.3) is 21.5 Å². The zero-order valence-corrected chi connectivity index (χ0v) is 14.9. The highest BCUT2D eigenvalue weighted by Crippen LogP contribution is 2.23. The summed E-state index contributed by atoms with van der Waals surface area (Å²) >= 11 is 0. The third-order valence-corrected chi connectivity index (χ3v) is 5.24. The Labute approximate surface area is 152 Å². The number of benzene rings is 3. The molecule has 1 heterocycles. The highest BCUT2D eigenvalue weighted by Gasteiger charge is 2.25. The lowest BCUT2D eigenvalue weighted by Crippen LogP contribution is -2.41. The number of rotatable bonds is 3. The second kappa shape index (κ2) is 6.79. The van der Waals surface area contributed by atoms with Crippen molar-refractivity contribution in [1.82, 2.24) is 10.2 Å². The lowest BCUT2D eigenvalue weighted by molar-refractivity contribution is -0.130. The fourth-order valence-corrected chi connectivity index (χ4v) is 3.74. The Morgan fingerprint density at radius 2 is 1.69 bits per heavy atom. The summed E-state index contributed by atoms with van der Waals surface area (Å²) in [7, 11) is 0. The molecule has 0 aromatic heterocycles. The first-order valence-electron chi connectivity index (χ1n) is 9.12. The van der Waals surface area contributed by atoms with Crippen LogP contribution in [0.5, 0.6) is 0 Å². The van der Waals surface area contributed by atoms with Crippen LogP contribution in [0.1, 0.15) is 30.1 Å². The molecule has 3 aromatic rings. The summed E-state index contributed by atoms with van der Waals surface area (Å²) in [4.78, 5) is 26.6. The lowest BCUT2D eigenvalue weighted by Gasteiger charge is -2.21. The van der Waals surface area contributed by atoms with E-state index < -0.39 is 0 Å². The molecule has 1 N–H and O–H groups in total. The van der Waals surface area contributed by atoms with Gasteiger partial charge >= 0.3 is 0 Å². The van der Waals surface area contributed by atoms with Crippen LogP contribution < -0.4 is 5.32 Å². The van der Waals surface area contributed by atoms with E-state index in [-0.39, 0.29) is 24.4 Å². The van der Waals surface area contributed by atoms with E-state index in [0.717, 1.165) is 35.5 Å². The molecule has 1 aliphatic heterocycles. The van der Waals surface area contributed by atoms with Gasteiger partial charge in [0.1, 0.15) is 0 Å². The molecule has 2 amide bonds. The Hall–Kier alpha value is -2.88. The molecule has 1 unspecified atom stereocenters. The second-order valence-electron chi connectivity index (χ2n) is 7.02. The van der Waals surface area contributed by atoms with Crippen molar-refractivity contribution in [3.8, 4) is 0 Å². The first-order chi connectivity index (χ1) is 12.6. The summed E-state index contributed by atoms with van der Waals surface area (Å²) in [5, 5.41) is 7.22. The zero-order chi connectivity index (χ0) is 18.1. The molecule has 1 aliphatic rings.